The second-order valence-electron chi connectivity index (χ2n) is 5.12. The molecule has 0 bridgehead atoms. The van der Waals surface area contributed by atoms with Gasteiger partial charge in [-0.1, -0.05) is 13.8 Å². The Labute approximate surface area is 113 Å². The molecule has 0 aliphatic carbocycles. The number of amides is 2. The lowest BCUT2D eigenvalue weighted by Gasteiger charge is -2.15. The Hall–Kier alpha value is -1.88. The molecule has 0 unspecified atom stereocenters. The topological polar surface area (TPSA) is 98.2 Å². The molecule has 1 atom stereocenters. The predicted molar refractivity (Wildman–Crippen MR) is 75.8 cm³/mol. The van der Waals surface area contributed by atoms with E-state index >= 15 is 0 Å². The van der Waals surface area contributed by atoms with Crippen molar-refractivity contribution in [2.24, 2.45) is 17.4 Å². The van der Waals surface area contributed by atoms with Gasteiger partial charge in [-0.15, -0.1) is 0 Å². The van der Waals surface area contributed by atoms with Crippen LogP contribution in [0.15, 0.2) is 18.2 Å². The molecule has 0 heterocycles. The van der Waals surface area contributed by atoms with Crippen LogP contribution in [0.4, 0.5) is 5.69 Å². The van der Waals surface area contributed by atoms with Crippen molar-refractivity contribution in [1.29, 1.82) is 0 Å². The van der Waals surface area contributed by atoms with E-state index in [0.29, 0.717) is 23.6 Å². The van der Waals surface area contributed by atoms with Crippen molar-refractivity contribution in [3.05, 3.63) is 29.3 Å². The molecule has 0 aliphatic heterocycles. The average Bonchev–Trinajstić information content (AvgIpc) is 2.30. The molecule has 5 nitrogen and oxygen atoms in total. The van der Waals surface area contributed by atoms with Gasteiger partial charge < -0.3 is 16.8 Å². The number of carbonyl (C=O) groups excluding carboxylic acids is 2. The van der Waals surface area contributed by atoms with E-state index in [-0.39, 0.29) is 5.91 Å². The fourth-order valence-electron chi connectivity index (χ4n) is 1.80. The standard InChI is InChI=1S/C14H21N3O2/c1-8(2)6-11(15)14(19)17-12-5-4-10(13(16)18)7-9(12)3/h4-5,7-8,11H,6,15H2,1-3H3,(H2,16,18)(H,17,19)/t11-/m0/s1. The van der Waals surface area contributed by atoms with Crippen LogP contribution in [-0.4, -0.2) is 17.9 Å². The van der Waals surface area contributed by atoms with Gasteiger partial charge in [-0.05, 0) is 43.0 Å². The molecule has 0 spiro atoms. The minimum absolute atomic E-state index is 0.219. The highest BCUT2D eigenvalue weighted by Crippen LogP contribution is 2.17. The molecule has 19 heavy (non-hydrogen) atoms. The number of hydrogen-bond acceptors (Lipinski definition) is 3. The summed E-state index contributed by atoms with van der Waals surface area (Å²) in [5.74, 6) is -0.347. The molecule has 1 aromatic carbocycles. The summed E-state index contributed by atoms with van der Waals surface area (Å²) in [6, 6.07) is 4.36. The first-order chi connectivity index (χ1) is 8.81. The maximum absolute atomic E-state index is 11.9. The third-order valence-electron chi connectivity index (χ3n) is 2.83. The number of nitrogens with one attached hydrogen (secondary N) is 1. The third-order valence-corrected chi connectivity index (χ3v) is 2.83. The molecule has 5 heteroatoms. The summed E-state index contributed by atoms with van der Waals surface area (Å²) in [6.07, 6.45) is 0.629. The first-order valence-corrected chi connectivity index (χ1v) is 6.28. The minimum Gasteiger partial charge on any atom is -0.366 e. The van der Waals surface area contributed by atoms with Crippen LogP contribution < -0.4 is 16.8 Å². The SMILES string of the molecule is Cc1cc(C(N)=O)ccc1NC(=O)[C@@H](N)CC(C)C. The molecule has 2 amide bonds. The number of hydrogen-bond donors (Lipinski definition) is 3. The molecule has 0 radical (unpaired) electrons. The van der Waals surface area contributed by atoms with Crippen LogP contribution in [0.5, 0.6) is 0 Å². The maximum atomic E-state index is 11.9. The zero-order valence-electron chi connectivity index (χ0n) is 11.6. The van der Waals surface area contributed by atoms with Crippen LogP contribution >= 0.6 is 0 Å². The smallest absolute Gasteiger partial charge is 0.248 e. The van der Waals surface area contributed by atoms with Gasteiger partial charge in [0.15, 0.2) is 0 Å². The summed E-state index contributed by atoms with van der Waals surface area (Å²) in [7, 11) is 0. The molecular formula is C14H21N3O2. The van der Waals surface area contributed by atoms with Gasteiger partial charge in [0.1, 0.15) is 0 Å². The third kappa shape index (κ3) is 4.37. The summed E-state index contributed by atoms with van der Waals surface area (Å²) in [4.78, 5) is 22.9. The maximum Gasteiger partial charge on any atom is 0.248 e. The molecule has 104 valence electrons. The number of nitrogens with two attached hydrogens (primary N) is 2. The summed E-state index contributed by atoms with van der Waals surface area (Å²) >= 11 is 0. The number of carbonyl (C=O) groups is 2. The van der Waals surface area contributed by atoms with Gasteiger partial charge in [0.05, 0.1) is 6.04 Å². The molecule has 0 saturated carbocycles. The predicted octanol–water partition coefficient (Wildman–Crippen LogP) is 1.41. The van der Waals surface area contributed by atoms with Crippen LogP contribution in [-0.2, 0) is 4.79 Å². The van der Waals surface area contributed by atoms with Gasteiger partial charge in [-0.2, -0.15) is 0 Å². The van der Waals surface area contributed by atoms with E-state index in [0.717, 1.165) is 5.56 Å². The van der Waals surface area contributed by atoms with Crippen LogP contribution in [0.2, 0.25) is 0 Å². The summed E-state index contributed by atoms with van der Waals surface area (Å²) in [5, 5.41) is 2.77. The van der Waals surface area contributed by atoms with E-state index in [1.54, 1.807) is 25.1 Å². The Balaban J connectivity index is 2.77. The average molecular weight is 263 g/mol. The Morgan fingerprint density at radius 2 is 1.95 bits per heavy atom. The molecule has 0 aromatic heterocycles. The Kier molecular flexibility index (Phi) is 5.06. The van der Waals surface area contributed by atoms with Gasteiger partial charge in [-0.25, -0.2) is 0 Å². The van der Waals surface area contributed by atoms with Crippen LogP contribution in [0.3, 0.4) is 0 Å². The fourth-order valence-corrected chi connectivity index (χ4v) is 1.80. The zero-order chi connectivity index (χ0) is 14.6. The number of aryl methyl sites for hydroxylation is 1. The molecule has 1 rings (SSSR count). The van der Waals surface area contributed by atoms with Gasteiger partial charge in [-0.3, -0.25) is 9.59 Å². The Morgan fingerprint density at radius 1 is 1.32 bits per heavy atom. The lowest BCUT2D eigenvalue weighted by Crippen LogP contribution is -2.36. The largest absolute Gasteiger partial charge is 0.366 e. The molecule has 5 N–H and O–H groups in total. The van der Waals surface area contributed by atoms with E-state index in [9.17, 15) is 9.59 Å². The lowest BCUT2D eigenvalue weighted by molar-refractivity contribution is -0.117. The van der Waals surface area contributed by atoms with E-state index in [1.165, 1.54) is 0 Å². The Morgan fingerprint density at radius 3 is 2.42 bits per heavy atom. The first kappa shape index (κ1) is 15.2. The first-order valence-electron chi connectivity index (χ1n) is 6.28. The second-order valence-corrected chi connectivity index (χ2v) is 5.12. The van der Waals surface area contributed by atoms with E-state index in [2.05, 4.69) is 5.32 Å². The highest BCUT2D eigenvalue weighted by molar-refractivity contribution is 5.97. The summed E-state index contributed by atoms with van der Waals surface area (Å²) in [5.41, 5.74) is 12.8. The number of anilines is 1. The monoisotopic (exact) mass is 263 g/mol. The number of rotatable bonds is 5. The van der Waals surface area contributed by atoms with Crippen molar-refractivity contribution in [2.45, 2.75) is 33.2 Å². The summed E-state index contributed by atoms with van der Waals surface area (Å²) in [6.45, 7) is 5.83. The van der Waals surface area contributed by atoms with Crippen molar-refractivity contribution in [1.82, 2.24) is 0 Å². The Bertz CT molecular complexity index is 484. The fraction of sp³-hybridized carbons (Fsp3) is 0.429. The molecule has 1 aromatic rings. The highest BCUT2D eigenvalue weighted by atomic mass is 16.2. The van der Waals surface area contributed by atoms with Crippen molar-refractivity contribution in [3.63, 3.8) is 0 Å². The second kappa shape index (κ2) is 6.33. The molecule has 0 saturated heterocycles. The molecule has 0 fully saturated rings. The van der Waals surface area contributed by atoms with Crippen LogP contribution in [0.1, 0.15) is 36.2 Å². The van der Waals surface area contributed by atoms with E-state index in [4.69, 9.17) is 11.5 Å². The van der Waals surface area contributed by atoms with Crippen molar-refractivity contribution >= 4 is 17.5 Å². The summed E-state index contributed by atoms with van der Waals surface area (Å²) < 4.78 is 0. The quantitative estimate of drug-likeness (QED) is 0.749. The van der Waals surface area contributed by atoms with Gasteiger partial charge in [0.25, 0.3) is 0 Å². The van der Waals surface area contributed by atoms with Gasteiger partial charge in [0.2, 0.25) is 11.8 Å². The van der Waals surface area contributed by atoms with E-state index < -0.39 is 11.9 Å². The number of primary amides is 1. The van der Waals surface area contributed by atoms with Gasteiger partial charge in [0, 0.05) is 11.3 Å². The van der Waals surface area contributed by atoms with E-state index in [1.807, 2.05) is 13.8 Å². The molecular weight excluding hydrogens is 242 g/mol. The minimum atomic E-state index is -0.532. The molecule has 0 aliphatic rings. The zero-order valence-corrected chi connectivity index (χ0v) is 11.6. The normalized spacial score (nSPS) is 12.3. The van der Waals surface area contributed by atoms with Crippen LogP contribution in [0, 0.1) is 12.8 Å². The van der Waals surface area contributed by atoms with Crippen LogP contribution in [0.25, 0.3) is 0 Å². The van der Waals surface area contributed by atoms with Crippen molar-refractivity contribution < 1.29 is 9.59 Å². The van der Waals surface area contributed by atoms with Gasteiger partial charge >= 0.3 is 0 Å². The van der Waals surface area contributed by atoms with Crippen molar-refractivity contribution in [3.8, 4) is 0 Å². The lowest BCUT2D eigenvalue weighted by atomic mass is 10.0. The van der Waals surface area contributed by atoms with Crippen molar-refractivity contribution in [2.75, 3.05) is 5.32 Å². The highest BCUT2D eigenvalue weighted by Gasteiger charge is 2.16. The number of benzene rings is 1.